The molecule has 0 unspecified atom stereocenters. The molecule has 1 aliphatic rings. The minimum atomic E-state index is 0.0176. The Balaban J connectivity index is 2.01. The van der Waals surface area contributed by atoms with Crippen molar-refractivity contribution in [2.24, 2.45) is 0 Å². The minimum Gasteiger partial charge on any atom is -0.399 e. The third-order valence-electron chi connectivity index (χ3n) is 3.12. The summed E-state index contributed by atoms with van der Waals surface area (Å²) < 4.78 is 0. The van der Waals surface area contributed by atoms with Gasteiger partial charge in [-0.15, -0.1) is 11.3 Å². The number of anilines is 2. The van der Waals surface area contributed by atoms with Crippen molar-refractivity contribution in [1.82, 2.24) is 4.98 Å². The van der Waals surface area contributed by atoms with E-state index in [4.69, 9.17) is 5.73 Å². The molecule has 0 fully saturated rings. The monoisotopic (exact) mass is 259 g/mol. The van der Waals surface area contributed by atoms with Crippen molar-refractivity contribution in [3.05, 3.63) is 40.3 Å². The fourth-order valence-electron chi connectivity index (χ4n) is 2.26. The molecular weight excluding hydrogens is 246 g/mol. The SMILES string of the molecule is Nc1ccc2c(c1)N(C(=O)c1cncs1)CCC2. The molecule has 1 amide bonds. The molecule has 4 nitrogen and oxygen atoms in total. The molecule has 0 saturated carbocycles. The summed E-state index contributed by atoms with van der Waals surface area (Å²) >= 11 is 1.37. The average Bonchev–Trinajstić information content (AvgIpc) is 2.91. The summed E-state index contributed by atoms with van der Waals surface area (Å²) in [5.74, 6) is 0.0176. The van der Waals surface area contributed by atoms with E-state index in [2.05, 4.69) is 4.98 Å². The summed E-state index contributed by atoms with van der Waals surface area (Å²) in [5.41, 5.74) is 10.3. The Hall–Kier alpha value is -1.88. The van der Waals surface area contributed by atoms with Gasteiger partial charge in [-0.3, -0.25) is 9.78 Å². The Morgan fingerprint density at radius 1 is 1.44 bits per heavy atom. The van der Waals surface area contributed by atoms with Gasteiger partial charge in [-0.25, -0.2) is 0 Å². The number of nitrogens with zero attached hydrogens (tertiary/aromatic N) is 2. The smallest absolute Gasteiger partial charge is 0.269 e. The van der Waals surface area contributed by atoms with Gasteiger partial charge < -0.3 is 10.6 Å². The van der Waals surface area contributed by atoms with Crippen LogP contribution in [0.1, 0.15) is 21.7 Å². The van der Waals surface area contributed by atoms with Crippen molar-refractivity contribution in [2.45, 2.75) is 12.8 Å². The number of benzene rings is 1. The van der Waals surface area contributed by atoms with Gasteiger partial charge in [0.15, 0.2) is 0 Å². The maximum absolute atomic E-state index is 12.4. The van der Waals surface area contributed by atoms with Gasteiger partial charge in [0.2, 0.25) is 0 Å². The van der Waals surface area contributed by atoms with Gasteiger partial charge in [-0.1, -0.05) is 6.07 Å². The zero-order valence-corrected chi connectivity index (χ0v) is 10.6. The molecule has 2 N–H and O–H groups in total. The van der Waals surface area contributed by atoms with E-state index < -0.39 is 0 Å². The van der Waals surface area contributed by atoms with E-state index >= 15 is 0 Å². The van der Waals surface area contributed by atoms with Crippen LogP contribution in [0.5, 0.6) is 0 Å². The van der Waals surface area contributed by atoms with Gasteiger partial charge in [0.05, 0.1) is 11.7 Å². The standard InChI is InChI=1S/C13H13N3OS/c14-10-4-3-9-2-1-5-16(11(9)6-10)13(17)12-7-15-8-18-12/h3-4,6-8H,1-2,5,14H2. The van der Waals surface area contributed by atoms with E-state index in [0.717, 1.165) is 25.1 Å². The third-order valence-corrected chi connectivity index (χ3v) is 3.88. The number of nitrogens with two attached hydrogens (primary N) is 1. The predicted molar refractivity (Wildman–Crippen MR) is 73.0 cm³/mol. The molecule has 5 heteroatoms. The number of carbonyl (C=O) groups excluding carboxylic acids is 1. The lowest BCUT2D eigenvalue weighted by Crippen LogP contribution is -2.35. The molecule has 2 aromatic rings. The second-order valence-electron chi connectivity index (χ2n) is 4.31. The first-order chi connectivity index (χ1) is 8.75. The third kappa shape index (κ3) is 1.86. The van der Waals surface area contributed by atoms with Gasteiger partial charge in [0.1, 0.15) is 4.88 Å². The van der Waals surface area contributed by atoms with Gasteiger partial charge in [0, 0.05) is 17.9 Å². The molecule has 1 aromatic carbocycles. The Bertz CT molecular complexity index is 580. The van der Waals surface area contributed by atoms with Crippen LogP contribution in [0, 0.1) is 0 Å². The van der Waals surface area contributed by atoms with Gasteiger partial charge in [0.25, 0.3) is 5.91 Å². The molecule has 0 radical (unpaired) electrons. The number of aromatic nitrogens is 1. The molecular formula is C13H13N3OS. The van der Waals surface area contributed by atoms with Crippen LogP contribution in [-0.4, -0.2) is 17.4 Å². The van der Waals surface area contributed by atoms with E-state index in [1.165, 1.54) is 16.9 Å². The van der Waals surface area contributed by atoms with Gasteiger partial charge in [-0.05, 0) is 30.5 Å². The number of amides is 1. The Morgan fingerprint density at radius 2 is 2.33 bits per heavy atom. The quantitative estimate of drug-likeness (QED) is 0.799. The lowest BCUT2D eigenvalue weighted by atomic mass is 10.0. The van der Waals surface area contributed by atoms with Crippen LogP contribution in [0.2, 0.25) is 0 Å². The maximum atomic E-state index is 12.4. The van der Waals surface area contributed by atoms with Crippen LogP contribution in [-0.2, 0) is 6.42 Å². The second-order valence-corrected chi connectivity index (χ2v) is 5.20. The van der Waals surface area contributed by atoms with E-state index in [9.17, 15) is 4.79 Å². The summed E-state index contributed by atoms with van der Waals surface area (Å²) in [6, 6.07) is 5.78. The highest BCUT2D eigenvalue weighted by Gasteiger charge is 2.24. The fourth-order valence-corrected chi connectivity index (χ4v) is 2.82. The summed E-state index contributed by atoms with van der Waals surface area (Å²) in [4.78, 5) is 18.8. The van der Waals surface area contributed by atoms with Crippen molar-refractivity contribution >= 4 is 28.6 Å². The number of aryl methyl sites for hydroxylation is 1. The van der Waals surface area contributed by atoms with E-state index in [1.807, 2.05) is 23.1 Å². The molecule has 92 valence electrons. The first-order valence-corrected chi connectivity index (χ1v) is 6.72. The number of fused-ring (bicyclic) bond motifs is 1. The summed E-state index contributed by atoms with van der Waals surface area (Å²) in [7, 11) is 0. The predicted octanol–water partition coefficient (Wildman–Crippen LogP) is 2.32. The van der Waals surface area contributed by atoms with Crippen molar-refractivity contribution in [3.8, 4) is 0 Å². The molecule has 0 spiro atoms. The van der Waals surface area contributed by atoms with Crippen molar-refractivity contribution in [3.63, 3.8) is 0 Å². The number of hydrogen-bond acceptors (Lipinski definition) is 4. The molecule has 0 aliphatic carbocycles. The molecule has 3 rings (SSSR count). The minimum absolute atomic E-state index is 0.0176. The number of rotatable bonds is 1. The highest BCUT2D eigenvalue weighted by Crippen LogP contribution is 2.30. The maximum Gasteiger partial charge on any atom is 0.269 e. The summed E-state index contributed by atoms with van der Waals surface area (Å²) in [6.45, 7) is 0.743. The topological polar surface area (TPSA) is 59.2 Å². The molecule has 0 atom stereocenters. The van der Waals surface area contributed by atoms with Crippen LogP contribution in [0.4, 0.5) is 11.4 Å². The molecule has 2 heterocycles. The van der Waals surface area contributed by atoms with Crippen molar-refractivity contribution in [2.75, 3.05) is 17.2 Å². The number of carbonyl (C=O) groups is 1. The number of thiazole rings is 1. The largest absolute Gasteiger partial charge is 0.399 e. The Morgan fingerprint density at radius 3 is 3.11 bits per heavy atom. The lowest BCUT2D eigenvalue weighted by Gasteiger charge is -2.29. The van der Waals surface area contributed by atoms with Crippen LogP contribution >= 0.6 is 11.3 Å². The fraction of sp³-hybridized carbons (Fsp3) is 0.231. The number of nitrogen functional groups attached to an aromatic ring is 1. The second kappa shape index (κ2) is 4.42. The van der Waals surface area contributed by atoms with Crippen LogP contribution < -0.4 is 10.6 Å². The first kappa shape index (κ1) is 11.2. The van der Waals surface area contributed by atoms with Crippen molar-refractivity contribution < 1.29 is 4.79 Å². The van der Waals surface area contributed by atoms with Crippen LogP contribution in [0.25, 0.3) is 0 Å². The van der Waals surface area contributed by atoms with Gasteiger partial charge >= 0.3 is 0 Å². The number of hydrogen-bond donors (Lipinski definition) is 1. The van der Waals surface area contributed by atoms with Crippen LogP contribution in [0.15, 0.2) is 29.9 Å². The van der Waals surface area contributed by atoms with E-state index in [0.29, 0.717) is 10.6 Å². The first-order valence-electron chi connectivity index (χ1n) is 5.84. The van der Waals surface area contributed by atoms with E-state index in [1.54, 1.807) is 11.7 Å². The summed E-state index contributed by atoms with van der Waals surface area (Å²) in [6.07, 6.45) is 3.61. The molecule has 0 bridgehead atoms. The lowest BCUT2D eigenvalue weighted by molar-refractivity contribution is 0.0989. The average molecular weight is 259 g/mol. The Kier molecular flexibility index (Phi) is 2.76. The summed E-state index contributed by atoms with van der Waals surface area (Å²) in [5, 5.41) is 0. The van der Waals surface area contributed by atoms with Gasteiger partial charge in [-0.2, -0.15) is 0 Å². The Labute approximate surface area is 109 Å². The zero-order chi connectivity index (χ0) is 12.5. The van der Waals surface area contributed by atoms with Crippen LogP contribution in [0.3, 0.4) is 0 Å². The molecule has 18 heavy (non-hydrogen) atoms. The molecule has 1 aromatic heterocycles. The normalized spacial score (nSPS) is 14.3. The molecule has 1 aliphatic heterocycles. The van der Waals surface area contributed by atoms with E-state index in [-0.39, 0.29) is 5.91 Å². The highest BCUT2D eigenvalue weighted by molar-refractivity contribution is 7.11. The highest BCUT2D eigenvalue weighted by atomic mass is 32.1. The van der Waals surface area contributed by atoms with Crippen molar-refractivity contribution in [1.29, 1.82) is 0 Å². The zero-order valence-electron chi connectivity index (χ0n) is 9.80. The molecule has 0 saturated heterocycles.